The van der Waals surface area contributed by atoms with E-state index >= 15 is 0 Å². The Morgan fingerprint density at radius 1 is 1.19 bits per heavy atom. The minimum absolute atomic E-state index is 0.157. The van der Waals surface area contributed by atoms with Crippen LogP contribution in [0.5, 0.6) is 0 Å². The normalized spacial score (nSPS) is 12.8. The summed E-state index contributed by atoms with van der Waals surface area (Å²) in [5, 5.41) is 9.13. The van der Waals surface area contributed by atoms with Crippen molar-refractivity contribution in [1.82, 2.24) is 0 Å². The molecule has 0 saturated heterocycles. The number of carboxylic acid groups (broad SMARTS) is 1. The van der Waals surface area contributed by atoms with Gasteiger partial charge in [0.2, 0.25) is 0 Å². The van der Waals surface area contributed by atoms with Crippen LogP contribution in [0.3, 0.4) is 0 Å². The molecular weight excluding hydrogens is 231 g/mol. The molecular formula is C10H21O5P. The predicted molar refractivity (Wildman–Crippen MR) is 61.4 cm³/mol. The van der Waals surface area contributed by atoms with Gasteiger partial charge in [0.15, 0.2) is 0 Å². The van der Waals surface area contributed by atoms with Gasteiger partial charge in [0.05, 0.1) is 5.41 Å². The molecule has 0 heterocycles. The topological polar surface area (TPSA) is 94.8 Å². The maximum Gasteiger partial charge on any atom is 0.325 e. The van der Waals surface area contributed by atoms with E-state index in [2.05, 4.69) is 0 Å². The van der Waals surface area contributed by atoms with Crippen LogP contribution in [0, 0.1) is 5.41 Å². The Kier molecular flexibility index (Phi) is 6.23. The molecule has 96 valence electrons. The Balaban J connectivity index is 4.15. The van der Waals surface area contributed by atoms with Gasteiger partial charge < -0.3 is 14.9 Å². The Morgan fingerprint density at radius 2 is 1.69 bits per heavy atom. The number of hydrogen-bond acceptors (Lipinski definition) is 2. The molecule has 0 amide bonds. The highest BCUT2D eigenvalue weighted by Crippen LogP contribution is 2.38. The lowest BCUT2D eigenvalue weighted by Crippen LogP contribution is -2.29. The molecule has 0 aliphatic rings. The zero-order chi connectivity index (χ0) is 12.8. The van der Waals surface area contributed by atoms with Crippen molar-refractivity contribution in [3.63, 3.8) is 0 Å². The van der Waals surface area contributed by atoms with Gasteiger partial charge in [-0.1, -0.05) is 20.3 Å². The number of carboxylic acids is 1. The first-order chi connectivity index (χ1) is 7.27. The lowest BCUT2D eigenvalue weighted by Gasteiger charge is -2.26. The average molecular weight is 252 g/mol. The van der Waals surface area contributed by atoms with E-state index in [1.807, 2.05) is 13.8 Å². The van der Waals surface area contributed by atoms with Crippen molar-refractivity contribution in [3.05, 3.63) is 0 Å². The zero-order valence-electron chi connectivity index (χ0n) is 9.85. The summed E-state index contributed by atoms with van der Waals surface area (Å²) in [7, 11) is -3.94. The predicted octanol–water partition coefficient (Wildman–Crippen LogP) is 2.23. The minimum atomic E-state index is -3.94. The summed E-state index contributed by atoms with van der Waals surface area (Å²) in [6, 6.07) is 0. The molecule has 0 unspecified atom stereocenters. The third-order valence-corrected chi connectivity index (χ3v) is 4.06. The van der Waals surface area contributed by atoms with Crippen molar-refractivity contribution in [3.8, 4) is 0 Å². The van der Waals surface area contributed by atoms with Crippen molar-refractivity contribution in [2.45, 2.75) is 46.0 Å². The Morgan fingerprint density at radius 3 is 2.00 bits per heavy atom. The van der Waals surface area contributed by atoms with E-state index in [0.29, 0.717) is 32.1 Å². The van der Waals surface area contributed by atoms with E-state index in [4.69, 9.17) is 14.9 Å². The standard InChI is InChI=1S/C10H21O5P/c1-3-10(4-2,9(11)12)7-5-6-8-16(13,14)15/h3-8H2,1-2H3,(H,11,12)(H2,13,14,15). The van der Waals surface area contributed by atoms with Crippen molar-refractivity contribution < 1.29 is 24.3 Å². The molecule has 0 saturated carbocycles. The molecule has 0 aromatic rings. The third-order valence-electron chi connectivity index (χ3n) is 3.16. The second-order valence-corrected chi connectivity index (χ2v) is 5.91. The van der Waals surface area contributed by atoms with Crippen LogP contribution in [0.1, 0.15) is 46.0 Å². The molecule has 0 aliphatic carbocycles. The summed E-state index contributed by atoms with van der Waals surface area (Å²) in [6.45, 7) is 3.67. The molecule has 16 heavy (non-hydrogen) atoms. The fourth-order valence-corrected chi connectivity index (χ4v) is 2.43. The molecule has 0 spiro atoms. The number of unbranched alkanes of at least 4 members (excludes halogenated alkanes) is 1. The molecule has 0 bridgehead atoms. The van der Waals surface area contributed by atoms with Gasteiger partial charge in [-0.15, -0.1) is 0 Å². The van der Waals surface area contributed by atoms with Gasteiger partial charge in [0.25, 0.3) is 0 Å². The maximum absolute atomic E-state index is 11.1. The second-order valence-electron chi connectivity index (χ2n) is 4.14. The lowest BCUT2D eigenvalue weighted by molar-refractivity contribution is -0.150. The van der Waals surface area contributed by atoms with Crippen LogP contribution in [0.2, 0.25) is 0 Å². The molecule has 0 aromatic heterocycles. The van der Waals surface area contributed by atoms with Crippen LogP contribution in [-0.2, 0) is 9.36 Å². The smallest absolute Gasteiger partial charge is 0.325 e. The molecule has 0 radical (unpaired) electrons. The Hall–Kier alpha value is -0.380. The van der Waals surface area contributed by atoms with Crippen LogP contribution >= 0.6 is 7.60 Å². The molecule has 5 nitrogen and oxygen atoms in total. The van der Waals surface area contributed by atoms with E-state index in [1.54, 1.807) is 0 Å². The van der Waals surface area contributed by atoms with E-state index in [9.17, 15) is 9.36 Å². The van der Waals surface area contributed by atoms with Crippen molar-refractivity contribution in [2.24, 2.45) is 5.41 Å². The summed E-state index contributed by atoms with van der Waals surface area (Å²) in [5.74, 6) is -0.811. The molecule has 0 fully saturated rings. The van der Waals surface area contributed by atoms with Gasteiger partial charge in [-0.25, -0.2) is 0 Å². The zero-order valence-corrected chi connectivity index (χ0v) is 10.7. The van der Waals surface area contributed by atoms with Gasteiger partial charge in [-0.2, -0.15) is 0 Å². The SMILES string of the molecule is CCC(CC)(CCCCP(=O)(O)O)C(=O)O. The lowest BCUT2D eigenvalue weighted by atomic mass is 9.78. The summed E-state index contributed by atoms with van der Waals surface area (Å²) < 4.78 is 10.6. The highest BCUT2D eigenvalue weighted by Gasteiger charge is 2.34. The second kappa shape index (κ2) is 6.38. The number of aliphatic carboxylic acids is 1. The third kappa shape index (κ3) is 5.10. The highest BCUT2D eigenvalue weighted by molar-refractivity contribution is 7.51. The van der Waals surface area contributed by atoms with Crippen LogP contribution < -0.4 is 0 Å². The molecule has 0 aromatic carbocycles. The monoisotopic (exact) mass is 252 g/mol. The summed E-state index contributed by atoms with van der Waals surface area (Å²) in [4.78, 5) is 28.5. The van der Waals surface area contributed by atoms with Gasteiger partial charge >= 0.3 is 13.6 Å². The molecule has 3 N–H and O–H groups in total. The fraction of sp³-hybridized carbons (Fsp3) is 0.900. The van der Waals surface area contributed by atoms with Crippen LogP contribution in [0.25, 0.3) is 0 Å². The van der Waals surface area contributed by atoms with Gasteiger partial charge in [0.1, 0.15) is 0 Å². The number of carbonyl (C=O) groups is 1. The molecule has 6 heteroatoms. The number of rotatable bonds is 8. The van der Waals surface area contributed by atoms with Crippen molar-refractivity contribution in [1.29, 1.82) is 0 Å². The van der Waals surface area contributed by atoms with Gasteiger partial charge in [-0.05, 0) is 25.7 Å². The first-order valence-corrected chi connectivity index (χ1v) is 7.35. The van der Waals surface area contributed by atoms with E-state index in [1.165, 1.54) is 0 Å². The van der Waals surface area contributed by atoms with Crippen LogP contribution in [-0.4, -0.2) is 27.0 Å². The van der Waals surface area contributed by atoms with Gasteiger partial charge in [-0.3, -0.25) is 9.36 Å². The van der Waals surface area contributed by atoms with E-state index in [-0.39, 0.29) is 6.16 Å². The Bertz CT molecular complexity index is 266. The molecule has 0 aliphatic heterocycles. The first-order valence-electron chi connectivity index (χ1n) is 5.55. The Labute approximate surface area is 96.0 Å². The first kappa shape index (κ1) is 15.6. The minimum Gasteiger partial charge on any atom is -0.481 e. The van der Waals surface area contributed by atoms with Crippen LogP contribution in [0.4, 0.5) is 0 Å². The summed E-state index contributed by atoms with van der Waals surface area (Å²) in [5.41, 5.74) is -0.727. The summed E-state index contributed by atoms with van der Waals surface area (Å²) >= 11 is 0. The average Bonchev–Trinajstić information content (AvgIpc) is 2.17. The van der Waals surface area contributed by atoms with Crippen molar-refractivity contribution in [2.75, 3.05) is 6.16 Å². The van der Waals surface area contributed by atoms with Gasteiger partial charge in [0, 0.05) is 6.16 Å². The summed E-state index contributed by atoms with van der Waals surface area (Å²) in [6.07, 6.45) is 2.34. The molecule has 0 rings (SSSR count). The quantitative estimate of drug-likeness (QED) is 0.455. The van der Waals surface area contributed by atoms with E-state index < -0.39 is 19.0 Å². The van der Waals surface area contributed by atoms with E-state index in [0.717, 1.165) is 0 Å². The van der Waals surface area contributed by atoms with Crippen LogP contribution in [0.15, 0.2) is 0 Å². The van der Waals surface area contributed by atoms with Crippen molar-refractivity contribution >= 4 is 13.6 Å². The largest absolute Gasteiger partial charge is 0.481 e. The maximum atomic E-state index is 11.1. The highest BCUT2D eigenvalue weighted by atomic mass is 31.2. The number of hydrogen-bond donors (Lipinski definition) is 3. The molecule has 0 atom stereocenters. The fourth-order valence-electron chi connectivity index (χ4n) is 1.79.